The van der Waals surface area contributed by atoms with Gasteiger partial charge < -0.3 is 14.4 Å². The first-order valence-electron chi connectivity index (χ1n) is 6.75. The molecule has 0 spiro atoms. The van der Waals surface area contributed by atoms with Gasteiger partial charge in [0.2, 0.25) is 0 Å². The number of methoxy groups -OCH3 is 1. The molecule has 1 aromatic rings. The highest BCUT2D eigenvalue weighted by atomic mass is 16.6. The number of nitrogens with zero attached hydrogens (tertiary/aromatic N) is 2. The molecule has 0 saturated carbocycles. The minimum Gasteiger partial charge on any atom is -0.494 e. The van der Waals surface area contributed by atoms with Gasteiger partial charge in [-0.25, -0.2) is 0 Å². The monoisotopic (exact) mass is 296 g/mol. The summed E-state index contributed by atoms with van der Waals surface area (Å²) in [5.74, 6) is 0.0144. The van der Waals surface area contributed by atoms with Crippen LogP contribution in [0.4, 0.5) is 11.4 Å². The summed E-state index contributed by atoms with van der Waals surface area (Å²) >= 11 is 0. The van der Waals surface area contributed by atoms with Crippen LogP contribution in [-0.4, -0.2) is 37.7 Å². The molecule has 0 unspecified atom stereocenters. The molecular weight excluding hydrogens is 276 g/mol. The van der Waals surface area contributed by atoms with Crippen LogP contribution >= 0.6 is 0 Å². The van der Waals surface area contributed by atoms with Crippen LogP contribution in [0.15, 0.2) is 18.2 Å². The van der Waals surface area contributed by atoms with E-state index in [1.807, 2.05) is 6.92 Å². The van der Waals surface area contributed by atoms with Crippen molar-refractivity contribution in [1.29, 1.82) is 0 Å². The van der Waals surface area contributed by atoms with E-state index < -0.39 is 10.9 Å². The van der Waals surface area contributed by atoms with Gasteiger partial charge in [0, 0.05) is 24.4 Å². The SMILES string of the molecule is CCCN(CC(=O)OC)c1cc(OCC)cc([N+](=O)[O-])c1. The molecule has 0 fully saturated rings. The average molecular weight is 296 g/mol. The molecular formula is C14H20N2O5. The second-order valence-electron chi connectivity index (χ2n) is 4.37. The third-order valence-corrected chi connectivity index (χ3v) is 2.80. The molecule has 7 heteroatoms. The van der Waals surface area contributed by atoms with Crippen LogP contribution in [0, 0.1) is 10.1 Å². The Morgan fingerprint density at radius 2 is 2.05 bits per heavy atom. The normalized spacial score (nSPS) is 10.0. The molecule has 1 rings (SSSR count). The van der Waals surface area contributed by atoms with E-state index in [1.54, 1.807) is 17.9 Å². The molecule has 0 heterocycles. The topological polar surface area (TPSA) is 81.9 Å². The Labute approximate surface area is 123 Å². The lowest BCUT2D eigenvalue weighted by Gasteiger charge is -2.23. The van der Waals surface area contributed by atoms with Crippen molar-refractivity contribution in [3.8, 4) is 5.75 Å². The predicted octanol–water partition coefficient (Wildman–Crippen LogP) is 2.38. The lowest BCUT2D eigenvalue weighted by molar-refractivity contribution is -0.384. The number of rotatable bonds is 8. The summed E-state index contributed by atoms with van der Waals surface area (Å²) in [5.41, 5.74) is 0.502. The highest BCUT2D eigenvalue weighted by molar-refractivity contribution is 5.76. The summed E-state index contributed by atoms with van der Waals surface area (Å²) in [5, 5.41) is 11.0. The minimum absolute atomic E-state index is 0.0388. The summed E-state index contributed by atoms with van der Waals surface area (Å²) in [6.45, 7) is 4.80. The van der Waals surface area contributed by atoms with Gasteiger partial charge in [0.15, 0.2) is 0 Å². The standard InChI is InChI=1S/C14H20N2O5/c1-4-6-15(10-14(17)20-3)11-7-12(16(18)19)9-13(8-11)21-5-2/h7-9H,4-6,10H2,1-3H3. The van der Waals surface area contributed by atoms with Crippen molar-refractivity contribution < 1.29 is 19.2 Å². The molecule has 0 bridgehead atoms. The molecule has 0 aromatic heterocycles. The van der Waals surface area contributed by atoms with Gasteiger partial charge in [0.1, 0.15) is 12.3 Å². The molecule has 0 aliphatic carbocycles. The van der Waals surface area contributed by atoms with E-state index in [0.29, 0.717) is 24.6 Å². The predicted molar refractivity (Wildman–Crippen MR) is 78.8 cm³/mol. The minimum atomic E-state index is -0.478. The third-order valence-electron chi connectivity index (χ3n) is 2.80. The molecule has 21 heavy (non-hydrogen) atoms. The quantitative estimate of drug-likeness (QED) is 0.416. The van der Waals surface area contributed by atoms with E-state index in [-0.39, 0.29) is 12.2 Å². The van der Waals surface area contributed by atoms with Gasteiger partial charge in [-0.1, -0.05) is 6.92 Å². The van der Waals surface area contributed by atoms with Crippen molar-refractivity contribution in [2.45, 2.75) is 20.3 Å². The second-order valence-corrected chi connectivity index (χ2v) is 4.37. The Morgan fingerprint density at radius 3 is 2.57 bits per heavy atom. The number of benzene rings is 1. The van der Waals surface area contributed by atoms with Crippen molar-refractivity contribution >= 4 is 17.3 Å². The fourth-order valence-corrected chi connectivity index (χ4v) is 1.90. The number of nitro benzene ring substituents is 1. The van der Waals surface area contributed by atoms with E-state index in [9.17, 15) is 14.9 Å². The smallest absolute Gasteiger partial charge is 0.325 e. The number of carbonyl (C=O) groups is 1. The third kappa shape index (κ3) is 4.94. The van der Waals surface area contributed by atoms with E-state index >= 15 is 0 Å². The largest absolute Gasteiger partial charge is 0.494 e. The van der Waals surface area contributed by atoms with Crippen LogP contribution in [0.5, 0.6) is 5.75 Å². The van der Waals surface area contributed by atoms with Crippen LogP contribution in [0.2, 0.25) is 0 Å². The molecule has 0 aliphatic rings. The fourth-order valence-electron chi connectivity index (χ4n) is 1.90. The Balaban J connectivity index is 3.15. The van der Waals surface area contributed by atoms with Gasteiger partial charge in [0.05, 0.1) is 24.7 Å². The molecule has 116 valence electrons. The van der Waals surface area contributed by atoms with E-state index in [1.165, 1.54) is 19.2 Å². The van der Waals surface area contributed by atoms with Crippen molar-refractivity contribution in [3.63, 3.8) is 0 Å². The molecule has 0 radical (unpaired) electrons. The summed E-state index contributed by atoms with van der Waals surface area (Å²) in [4.78, 5) is 23.7. The number of hydrogen-bond acceptors (Lipinski definition) is 6. The van der Waals surface area contributed by atoms with Gasteiger partial charge >= 0.3 is 5.97 Å². The molecule has 0 amide bonds. The van der Waals surface area contributed by atoms with Crippen LogP contribution < -0.4 is 9.64 Å². The van der Waals surface area contributed by atoms with Gasteiger partial charge in [0.25, 0.3) is 5.69 Å². The van der Waals surface area contributed by atoms with E-state index in [4.69, 9.17) is 4.74 Å². The van der Waals surface area contributed by atoms with Crippen LogP contribution in [0.3, 0.4) is 0 Å². The highest BCUT2D eigenvalue weighted by Gasteiger charge is 2.17. The van der Waals surface area contributed by atoms with Gasteiger partial charge in [-0.3, -0.25) is 14.9 Å². The molecule has 0 aliphatic heterocycles. The number of anilines is 1. The highest BCUT2D eigenvalue weighted by Crippen LogP contribution is 2.28. The van der Waals surface area contributed by atoms with Crippen LogP contribution in [0.25, 0.3) is 0 Å². The van der Waals surface area contributed by atoms with Crippen molar-refractivity contribution in [1.82, 2.24) is 0 Å². The maximum absolute atomic E-state index is 11.5. The van der Waals surface area contributed by atoms with Crippen molar-refractivity contribution in [2.24, 2.45) is 0 Å². The molecule has 1 aromatic carbocycles. The number of ether oxygens (including phenoxy) is 2. The van der Waals surface area contributed by atoms with Crippen molar-refractivity contribution in [3.05, 3.63) is 28.3 Å². The first-order chi connectivity index (χ1) is 10.0. The zero-order valence-electron chi connectivity index (χ0n) is 12.5. The number of carbonyl (C=O) groups excluding carboxylic acids is 1. The van der Waals surface area contributed by atoms with Gasteiger partial charge in [-0.05, 0) is 13.3 Å². The lowest BCUT2D eigenvalue weighted by Crippen LogP contribution is -2.31. The molecule has 0 saturated heterocycles. The number of non-ortho nitro benzene ring substituents is 1. The zero-order chi connectivity index (χ0) is 15.8. The van der Waals surface area contributed by atoms with Gasteiger partial charge in [-0.2, -0.15) is 0 Å². The van der Waals surface area contributed by atoms with Gasteiger partial charge in [-0.15, -0.1) is 0 Å². The van der Waals surface area contributed by atoms with E-state index in [0.717, 1.165) is 6.42 Å². The van der Waals surface area contributed by atoms with Crippen molar-refractivity contribution in [2.75, 3.05) is 31.7 Å². The Hall–Kier alpha value is -2.31. The Kier molecular flexibility index (Phi) is 6.45. The second kappa shape index (κ2) is 8.08. The molecule has 0 N–H and O–H groups in total. The number of esters is 1. The maximum Gasteiger partial charge on any atom is 0.325 e. The Bertz CT molecular complexity index is 504. The lowest BCUT2D eigenvalue weighted by atomic mass is 10.2. The first kappa shape index (κ1) is 16.7. The fraction of sp³-hybridized carbons (Fsp3) is 0.500. The van der Waals surface area contributed by atoms with E-state index in [2.05, 4.69) is 4.74 Å². The van der Waals surface area contributed by atoms with Crippen LogP contribution in [-0.2, 0) is 9.53 Å². The zero-order valence-corrected chi connectivity index (χ0v) is 12.5. The number of nitro groups is 1. The molecule has 7 nitrogen and oxygen atoms in total. The average Bonchev–Trinajstić information content (AvgIpc) is 2.46. The maximum atomic E-state index is 11.5. The first-order valence-corrected chi connectivity index (χ1v) is 6.75. The summed E-state index contributed by atoms with van der Waals surface area (Å²) in [6, 6.07) is 4.49. The Morgan fingerprint density at radius 1 is 1.33 bits per heavy atom. The summed E-state index contributed by atoms with van der Waals surface area (Å²) in [7, 11) is 1.31. The van der Waals surface area contributed by atoms with Crippen LogP contribution in [0.1, 0.15) is 20.3 Å². The summed E-state index contributed by atoms with van der Waals surface area (Å²) in [6.07, 6.45) is 0.795. The molecule has 0 atom stereocenters. The summed E-state index contributed by atoms with van der Waals surface area (Å²) < 4.78 is 10.0. The number of hydrogen-bond donors (Lipinski definition) is 0.